The number of sulfonamides is 1. The van der Waals surface area contributed by atoms with Crippen molar-refractivity contribution in [3.63, 3.8) is 0 Å². The number of hydrogen-bond donors (Lipinski definition) is 3. The first-order valence-corrected chi connectivity index (χ1v) is 12.3. The first kappa shape index (κ1) is 25.8. The Bertz CT molecular complexity index is 964. The Balaban J connectivity index is 0.000000229. The summed E-state index contributed by atoms with van der Waals surface area (Å²) in [6.45, 7) is 2.13. The number of nitrogens with one attached hydrogen (secondary N) is 2. The Morgan fingerprint density at radius 3 is 2.44 bits per heavy atom. The summed E-state index contributed by atoms with van der Waals surface area (Å²) in [4.78, 5) is 11.4. The van der Waals surface area contributed by atoms with Gasteiger partial charge in [0.05, 0.1) is 12.9 Å². The lowest BCUT2D eigenvalue weighted by molar-refractivity contribution is 0.0956. The monoisotopic (exact) mass is 465 g/mol. The van der Waals surface area contributed by atoms with Gasteiger partial charge in [-0.15, -0.1) is 0 Å². The fourth-order valence-electron chi connectivity index (χ4n) is 3.58. The molecule has 1 atom stereocenters. The van der Waals surface area contributed by atoms with Gasteiger partial charge in [0.25, 0.3) is 5.91 Å². The van der Waals surface area contributed by atoms with Gasteiger partial charge >= 0.3 is 0 Å². The molecule has 2 aromatic rings. The number of nitrogens with two attached hydrogens (primary N) is 1. The Kier molecular flexibility index (Phi) is 10.1. The molecule has 176 valence electrons. The summed E-state index contributed by atoms with van der Waals surface area (Å²) in [6.07, 6.45) is 5.11. The Hall–Kier alpha value is -2.49. The zero-order chi connectivity index (χ0) is 23.6. The van der Waals surface area contributed by atoms with E-state index < -0.39 is 10.0 Å². The highest BCUT2D eigenvalue weighted by Crippen LogP contribution is 2.28. The first-order chi connectivity index (χ1) is 15.2. The number of methoxy groups -OCH3 is 1. The zero-order valence-electron chi connectivity index (χ0n) is 18.5. The van der Waals surface area contributed by atoms with E-state index in [0.29, 0.717) is 17.4 Å². The van der Waals surface area contributed by atoms with Gasteiger partial charge in [0.15, 0.2) is 0 Å². The summed E-state index contributed by atoms with van der Waals surface area (Å²) in [6, 6.07) is 14.1. The number of benzene rings is 2. The van der Waals surface area contributed by atoms with E-state index in [0.717, 1.165) is 5.56 Å². The molecule has 0 aromatic heterocycles. The molecule has 0 saturated heterocycles. The fraction of sp³-hybridized carbons (Fsp3) is 0.435. The number of primary sulfonamides is 1. The standard InChI is InChI=1S/C14H20FNO.C9H12N2O3S/c1-10(16-12-5-3-4-6-12)13-8-7-11(15)9-14(13)17-2;10-15(13,14)7-6-11-9(12)8-4-2-1-3-5-8/h7-10,12,16H,3-6H2,1-2H3;1-5H,6-7H2,(H,11,12)(H2,10,13,14). The van der Waals surface area contributed by atoms with Crippen molar-refractivity contribution in [1.82, 2.24) is 10.6 Å². The third kappa shape index (κ3) is 8.94. The molecule has 0 bridgehead atoms. The predicted molar refractivity (Wildman–Crippen MR) is 124 cm³/mol. The van der Waals surface area contributed by atoms with Crippen molar-refractivity contribution < 1.29 is 22.3 Å². The molecule has 0 aliphatic heterocycles. The van der Waals surface area contributed by atoms with Crippen LogP contribution in [0.4, 0.5) is 4.39 Å². The lowest BCUT2D eigenvalue weighted by Gasteiger charge is -2.21. The van der Waals surface area contributed by atoms with E-state index in [1.165, 1.54) is 37.8 Å². The average molecular weight is 466 g/mol. The minimum atomic E-state index is -3.52. The summed E-state index contributed by atoms with van der Waals surface area (Å²) in [5.74, 6) is -0.188. The smallest absolute Gasteiger partial charge is 0.251 e. The van der Waals surface area contributed by atoms with Crippen LogP contribution in [0.1, 0.15) is 54.6 Å². The largest absolute Gasteiger partial charge is 0.496 e. The van der Waals surface area contributed by atoms with Gasteiger partial charge in [-0.3, -0.25) is 4.79 Å². The van der Waals surface area contributed by atoms with E-state index in [4.69, 9.17) is 9.88 Å². The predicted octanol–water partition coefficient (Wildman–Crippen LogP) is 3.13. The molecular formula is C23H32FN3O4S. The second kappa shape index (κ2) is 12.5. The van der Waals surface area contributed by atoms with Crippen LogP contribution in [-0.4, -0.2) is 39.8 Å². The van der Waals surface area contributed by atoms with E-state index in [1.54, 1.807) is 43.5 Å². The molecule has 1 saturated carbocycles. The average Bonchev–Trinajstić information content (AvgIpc) is 3.26. The molecule has 0 spiro atoms. The van der Waals surface area contributed by atoms with Gasteiger partial charge in [-0.2, -0.15) is 0 Å². The van der Waals surface area contributed by atoms with E-state index in [-0.39, 0.29) is 30.1 Å². The van der Waals surface area contributed by atoms with Crippen LogP contribution in [0.15, 0.2) is 48.5 Å². The number of carbonyl (C=O) groups is 1. The van der Waals surface area contributed by atoms with Crippen LogP contribution >= 0.6 is 0 Å². The molecule has 1 aliphatic rings. The number of hydrogen-bond acceptors (Lipinski definition) is 5. The van der Waals surface area contributed by atoms with Crippen LogP contribution in [0.25, 0.3) is 0 Å². The normalized spacial score (nSPS) is 14.9. The highest BCUT2D eigenvalue weighted by atomic mass is 32.2. The van der Waals surface area contributed by atoms with Gasteiger partial charge in [-0.05, 0) is 38.0 Å². The van der Waals surface area contributed by atoms with Crippen molar-refractivity contribution in [1.29, 1.82) is 0 Å². The molecule has 9 heteroatoms. The topological polar surface area (TPSA) is 111 Å². The van der Waals surface area contributed by atoms with E-state index in [9.17, 15) is 17.6 Å². The van der Waals surface area contributed by atoms with Crippen molar-refractivity contribution in [2.45, 2.75) is 44.7 Å². The van der Waals surface area contributed by atoms with Crippen LogP contribution in [-0.2, 0) is 10.0 Å². The van der Waals surface area contributed by atoms with Crippen LogP contribution in [0, 0.1) is 5.82 Å². The molecule has 3 rings (SSSR count). The lowest BCUT2D eigenvalue weighted by atomic mass is 10.1. The van der Waals surface area contributed by atoms with Crippen molar-refractivity contribution in [3.8, 4) is 5.75 Å². The highest BCUT2D eigenvalue weighted by molar-refractivity contribution is 7.89. The van der Waals surface area contributed by atoms with Crippen LogP contribution in [0.2, 0.25) is 0 Å². The van der Waals surface area contributed by atoms with Gasteiger partial charge in [0.2, 0.25) is 10.0 Å². The SMILES string of the molecule is COc1cc(F)ccc1C(C)NC1CCCC1.NS(=O)(=O)CCNC(=O)c1ccccc1. The van der Waals surface area contributed by atoms with Gasteiger partial charge in [0.1, 0.15) is 11.6 Å². The number of carbonyl (C=O) groups excluding carboxylic acids is 1. The molecule has 1 unspecified atom stereocenters. The van der Waals surface area contributed by atoms with Gasteiger partial charge < -0.3 is 15.4 Å². The molecule has 1 amide bonds. The van der Waals surface area contributed by atoms with Crippen LogP contribution in [0.3, 0.4) is 0 Å². The molecule has 0 radical (unpaired) electrons. The summed E-state index contributed by atoms with van der Waals surface area (Å²) >= 11 is 0. The van der Waals surface area contributed by atoms with E-state index in [2.05, 4.69) is 17.6 Å². The number of halogens is 1. The second-order valence-corrected chi connectivity index (χ2v) is 9.48. The summed E-state index contributed by atoms with van der Waals surface area (Å²) in [5.41, 5.74) is 1.52. The van der Waals surface area contributed by atoms with Crippen molar-refractivity contribution in [2.75, 3.05) is 19.4 Å². The third-order valence-electron chi connectivity index (χ3n) is 5.21. The maximum absolute atomic E-state index is 13.1. The highest BCUT2D eigenvalue weighted by Gasteiger charge is 2.19. The Labute approximate surface area is 189 Å². The summed E-state index contributed by atoms with van der Waals surface area (Å²) in [5, 5.41) is 10.8. The second-order valence-electron chi connectivity index (χ2n) is 7.74. The maximum Gasteiger partial charge on any atom is 0.251 e. The quantitative estimate of drug-likeness (QED) is 0.555. The molecule has 4 N–H and O–H groups in total. The Morgan fingerprint density at radius 1 is 1.19 bits per heavy atom. The van der Waals surface area contributed by atoms with E-state index in [1.807, 2.05) is 0 Å². The maximum atomic E-state index is 13.1. The van der Waals surface area contributed by atoms with Gasteiger partial charge in [-0.25, -0.2) is 17.9 Å². The molecule has 1 fully saturated rings. The number of rotatable bonds is 8. The molecule has 1 aliphatic carbocycles. The molecule has 32 heavy (non-hydrogen) atoms. The zero-order valence-corrected chi connectivity index (χ0v) is 19.3. The lowest BCUT2D eigenvalue weighted by Crippen LogP contribution is -2.31. The van der Waals surface area contributed by atoms with Crippen LogP contribution in [0.5, 0.6) is 5.75 Å². The number of amides is 1. The summed E-state index contributed by atoms with van der Waals surface area (Å²) < 4.78 is 39.5. The molecular weight excluding hydrogens is 433 g/mol. The minimum absolute atomic E-state index is 0.0204. The van der Waals surface area contributed by atoms with Crippen LogP contribution < -0.4 is 20.5 Å². The van der Waals surface area contributed by atoms with Gasteiger partial charge in [0, 0.05) is 35.8 Å². The first-order valence-electron chi connectivity index (χ1n) is 10.6. The number of ether oxygens (including phenoxy) is 1. The van der Waals surface area contributed by atoms with Crippen molar-refractivity contribution in [3.05, 3.63) is 65.5 Å². The molecule has 2 aromatic carbocycles. The van der Waals surface area contributed by atoms with E-state index >= 15 is 0 Å². The van der Waals surface area contributed by atoms with Gasteiger partial charge in [-0.1, -0.05) is 37.1 Å². The van der Waals surface area contributed by atoms with Crippen molar-refractivity contribution >= 4 is 15.9 Å². The third-order valence-corrected chi connectivity index (χ3v) is 5.98. The van der Waals surface area contributed by atoms with Crippen molar-refractivity contribution in [2.24, 2.45) is 5.14 Å². The molecule has 7 nitrogen and oxygen atoms in total. The minimum Gasteiger partial charge on any atom is -0.496 e. The summed E-state index contributed by atoms with van der Waals surface area (Å²) in [7, 11) is -1.93. The molecule has 0 heterocycles. The fourth-order valence-corrected chi connectivity index (χ4v) is 3.96. The Morgan fingerprint density at radius 2 is 1.84 bits per heavy atom.